The number of anilines is 1. The van der Waals surface area contributed by atoms with Crippen molar-refractivity contribution in [3.05, 3.63) is 100 Å². The molecule has 0 saturated heterocycles. The molecule has 10 nitrogen and oxygen atoms in total. The number of hydrogen-bond donors (Lipinski definition) is 1. The van der Waals surface area contributed by atoms with Crippen molar-refractivity contribution in [1.82, 2.24) is 10.2 Å². The fourth-order valence-electron chi connectivity index (χ4n) is 4.95. The minimum absolute atomic E-state index is 0.0173. The van der Waals surface area contributed by atoms with E-state index in [1.54, 1.807) is 13.0 Å². The lowest BCUT2D eigenvalue weighted by Crippen LogP contribution is -2.53. The second-order valence-electron chi connectivity index (χ2n) is 10.3. The molecule has 0 aromatic heterocycles. The quantitative estimate of drug-likeness (QED) is 0.250. The number of nitrogens with zero attached hydrogens (tertiary/aromatic N) is 3. The van der Waals surface area contributed by atoms with Crippen molar-refractivity contribution in [2.45, 2.75) is 62.6 Å². The van der Waals surface area contributed by atoms with Gasteiger partial charge < -0.3 is 10.2 Å². The molecular weight excluding hydrogens is 563 g/mol. The van der Waals surface area contributed by atoms with Gasteiger partial charge in [-0.15, -0.1) is 0 Å². The Hall–Kier alpha value is -4.32. The topological polar surface area (TPSA) is 130 Å². The number of non-ortho nitro benzene ring substituents is 1. The summed E-state index contributed by atoms with van der Waals surface area (Å²) >= 11 is 0. The van der Waals surface area contributed by atoms with E-state index in [1.807, 2.05) is 0 Å². The van der Waals surface area contributed by atoms with Gasteiger partial charge in [0.1, 0.15) is 18.4 Å². The van der Waals surface area contributed by atoms with Crippen molar-refractivity contribution < 1.29 is 27.3 Å². The standard InChI is InChI=1S/C30H33FN4O6S/c1-22(30(37)32-25-9-4-2-5-10-25)33(20-23-15-17-24(31)18-16-23)29(36)21-34(26-11-8-12-27(19-26)35(38)39)42(40,41)28-13-6-3-7-14-28/h3,6-8,11-19,22,25H,2,4-5,9-10,20-21H2,1H3,(H,32,37). The molecule has 12 heteroatoms. The maximum absolute atomic E-state index is 14.0. The largest absolute Gasteiger partial charge is 0.352 e. The molecule has 1 aliphatic rings. The summed E-state index contributed by atoms with van der Waals surface area (Å²) < 4.78 is 42.0. The van der Waals surface area contributed by atoms with E-state index < -0.39 is 39.3 Å². The van der Waals surface area contributed by atoms with Crippen LogP contribution >= 0.6 is 0 Å². The molecule has 1 aliphatic carbocycles. The van der Waals surface area contributed by atoms with Gasteiger partial charge in [0.15, 0.2) is 0 Å². The number of sulfonamides is 1. The highest BCUT2D eigenvalue weighted by atomic mass is 32.2. The summed E-state index contributed by atoms with van der Waals surface area (Å²) in [4.78, 5) is 39.2. The number of amides is 2. The SMILES string of the molecule is CC(C(=O)NC1CCCCC1)N(Cc1ccc(F)cc1)C(=O)CN(c1cccc([N+](=O)[O-])c1)S(=O)(=O)c1ccccc1. The van der Waals surface area contributed by atoms with Crippen molar-refractivity contribution >= 4 is 33.2 Å². The van der Waals surface area contributed by atoms with Crippen LogP contribution in [0.2, 0.25) is 0 Å². The Labute approximate surface area is 244 Å². The zero-order chi connectivity index (χ0) is 30.3. The fraction of sp³-hybridized carbons (Fsp3) is 0.333. The lowest BCUT2D eigenvalue weighted by molar-refractivity contribution is -0.384. The first-order valence-electron chi connectivity index (χ1n) is 13.7. The molecule has 0 radical (unpaired) electrons. The Morgan fingerprint density at radius 3 is 2.31 bits per heavy atom. The third kappa shape index (κ3) is 7.49. The fourth-order valence-corrected chi connectivity index (χ4v) is 6.38. The molecule has 1 fully saturated rings. The lowest BCUT2D eigenvalue weighted by atomic mass is 9.95. The highest BCUT2D eigenvalue weighted by Gasteiger charge is 2.33. The molecule has 4 rings (SSSR count). The Balaban J connectivity index is 1.69. The highest BCUT2D eigenvalue weighted by Crippen LogP contribution is 2.28. The summed E-state index contributed by atoms with van der Waals surface area (Å²) in [7, 11) is -4.36. The molecule has 0 aliphatic heterocycles. The van der Waals surface area contributed by atoms with E-state index in [9.17, 15) is 32.5 Å². The normalized spacial score (nSPS) is 14.5. The van der Waals surface area contributed by atoms with E-state index >= 15 is 0 Å². The summed E-state index contributed by atoms with van der Waals surface area (Å²) in [5.74, 6) is -1.56. The van der Waals surface area contributed by atoms with Crippen LogP contribution in [0, 0.1) is 15.9 Å². The monoisotopic (exact) mass is 596 g/mol. The summed E-state index contributed by atoms with van der Waals surface area (Å²) in [6.07, 6.45) is 4.75. The van der Waals surface area contributed by atoms with Crippen LogP contribution in [0.3, 0.4) is 0 Å². The highest BCUT2D eigenvalue weighted by molar-refractivity contribution is 7.92. The first kappa shape index (κ1) is 30.6. The van der Waals surface area contributed by atoms with Crippen LogP contribution in [0.1, 0.15) is 44.6 Å². The van der Waals surface area contributed by atoms with Gasteiger partial charge in [-0.1, -0.05) is 55.7 Å². The summed E-state index contributed by atoms with van der Waals surface area (Å²) in [5, 5.41) is 14.5. The van der Waals surface area contributed by atoms with Gasteiger partial charge in [0, 0.05) is 24.7 Å². The van der Waals surface area contributed by atoms with Gasteiger partial charge in [0.05, 0.1) is 15.5 Å². The predicted molar refractivity (Wildman–Crippen MR) is 155 cm³/mol. The molecule has 0 heterocycles. The molecule has 3 aromatic rings. The molecule has 42 heavy (non-hydrogen) atoms. The smallest absolute Gasteiger partial charge is 0.271 e. The van der Waals surface area contributed by atoms with E-state index in [-0.39, 0.29) is 34.8 Å². The number of nitrogens with one attached hydrogen (secondary N) is 1. The van der Waals surface area contributed by atoms with Gasteiger partial charge in [0.2, 0.25) is 11.8 Å². The Morgan fingerprint density at radius 1 is 1.00 bits per heavy atom. The Bertz CT molecular complexity index is 1510. The Kier molecular flexibility index (Phi) is 9.89. The first-order chi connectivity index (χ1) is 20.1. The zero-order valence-electron chi connectivity index (χ0n) is 23.2. The van der Waals surface area contributed by atoms with Crippen molar-refractivity contribution in [3.63, 3.8) is 0 Å². The molecule has 0 spiro atoms. The minimum atomic E-state index is -4.36. The van der Waals surface area contributed by atoms with E-state index in [2.05, 4.69) is 5.32 Å². The Morgan fingerprint density at radius 2 is 1.67 bits per heavy atom. The van der Waals surface area contributed by atoms with Gasteiger partial charge in [-0.3, -0.25) is 24.0 Å². The number of carbonyl (C=O) groups is 2. The third-order valence-corrected chi connectivity index (χ3v) is 9.11. The molecule has 1 N–H and O–H groups in total. The van der Waals surface area contributed by atoms with Gasteiger partial charge >= 0.3 is 0 Å². The van der Waals surface area contributed by atoms with Gasteiger partial charge in [-0.2, -0.15) is 0 Å². The van der Waals surface area contributed by atoms with E-state index in [4.69, 9.17) is 0 Å². The molecule has 1 atom stereocenters. The van der Waals surface area contributed by atoms with E-state index in [1.165, 1.54) is 71.6 Å². The van der Waals surface area contributed by atoms with Crippen LogP contribution in [0.4, 0.5) is 15.8 Å². The summed E-state index contributed by atoms with van der Waals surface area (Å²) in [6.45, 7) is 0.732. The molecule has 1 saturated carbocycles. The zero-order valence-corrected chi connectivity index (χ0v) is 24.0. The van der Waals surface area contributed by atoms with Crippen LogP contribution < -0.4 is 9.62 Å². The van der Waals surface area contributed by atoms with Gasteiger partial charge in [-0.25, -0.2) is 12.8 Å². The second-order valence-corrected chi connectivity index (χ2v) is 12.1. The van der Waals surface area contributed by atoms with E-state index in [0.29, 0.717) is 5.56 Å². The number of rotatable bonds is 11. The molecular formula is C30H33FN4O6S. The number of nitro groups is 1. The maximum Gasteiger partial charge on any atom is 0.271 e. The molecule has 3 aromatic carbocycles. The van der Waals surface area contributed by atoms with Gasteiger partial charge in [0.25, 0.3) is 15.7 Å². The van der Waals surface area contributed by atoms with Crippen molar-refractivity contribution in [1.29, 1.82) is 0 Å². The number of nitro benzene ring substituents is 1. The van der Waals surface area contributed by atoms with Crippen LogP contribution in [0.25, 0.3) is 0 Å². The molecule has 1 unspecified atom stereocenters. The summed E-state index contributed by atoms with van der Waals surface area (Å²) in [5.41, 5.74) is 0.105. The minimum Gasteiger partial charge on any atom is -0.352 e. The van der Waals surface area contributed by atoms with E-state index in [0.717, 1.165) is 42.5 Å². The second kappa shape index (κ2) is 13.6. The average molecular weight is 597 g/mol. The number of benzene rings is 3. The molecule has 2 amide bonds. The average Bonchev–Trinajstić information content (AvgIpc) is 3.00. The van der Waals surface area contributed by atoms with Crippen molar-refractivity contribution in [3.8, 4) is 0 Å². The number of hydrogen-bond acceptors (Lipinski definition) is 6. The number of halogens is 1. The lowest BCUT2D eigenvalue weighted by Gasteiger charge is -2.33. The third-order valence-electron chi connectivity index (χ3n) is 7.32. The first-order valence-corrected chi connectivity index (χ1v) is 15.2. The maximum atomic E-state index is 14.0. The predicted octanol–water partition coefficient (Wildman–Crippen LogP) is 4.80. The van der Waals surface area contributed by atoms with Gasteiger partial charge in [-0.05, 0) is 55.7 Å². The number of carbonyl (C=O) groups excluding carboxylic acids is 2. The molecule has 222 valence electrons. The van der Waals surface area contributed by atoms with Crippen LogP contribution in [0.15, 0.2) is 83.8 Å². The van der Waals surface area contributed by atoms with Crippen LogP contribution in [-0.4, -0.2) is 48.7 Å². The summed E-state index contributed by atoms with van der Waals surface area (Å²) in [6, 6.07) is 16.9. The van der Waals surface area contributed by atoms with Crippen LogP contribution in [0.5, 0.6) is 0 Å². The van der Waals surface area contributed by atoms with Crippen LogP contribution in [-0.2, 0) is 26.2 Å². The molecule has 0 bridgehead atoms. The van der Waals surface area contributed by atoms with Crippen molar-refractivity contribution in [2.24, 2.45) is 0 Å². The van der Waals surface area contributed by atoms with Crippen molar-refractivity contribution in [2.75, 3.05) is 10.8 Å².